The van der Waals surface area contributed by atoms with E-state index in [1.807, 2.05) is 0 Å². The second-order valence-electron chi connectivity index (χ2n) is 3.27. The number of benzene rings is 1. The first-order valence-corrected chi connectivity index (χ1v) is 4.92. The van der Waals surface area contributed by atoms with E-state index >= 15 is 0 Å². The van der Waals surface area contributed by atoms with Crippen LogP contribution in [0.15, 0.2) is 18.2 Å². The van der Waals surface area contributed by atoms with E-state index in [2.05, 4.69) is 5.32 Å². The predicted molar refractivity (Wildman–Crippen MR) is 53.0 cm³/mol. The number of nitrogens with one attached hydrogen (secondary N) is 1. The van der Waals surface area contributed by atoms with Gasteiger partial charge in [-0.15, -0.1) is 0 Å². The summed E-state index contributed by atoms with van der Waals surface area (Å²) in [6.07, 6.45) is -0.0862. The highest BCUT2D eigenvalue weighted by atomic mass is 35.5. The SMILES string of the molecule is Fc1cc(Cl)cc(C2CNCCO2)c1. The summed E-state index contributed by atoms with van der Waals surface area (Å²) >= 11 is 5.75. The molecule has 0 saturated carbocycles. The van der Waals surface area contributed by atoms with E-state index in [1.54, 1.807) is 6.07 Å². The quantitative estimate of drug-likeness (QED) is 0.775. The Morgan fingerprint density at radius 1 is 1.43 bits per heavy atom. The highest BCUT2D eigenvalue weighted by Gasteiger charge is 2.16. The Kier molecular flexibility index (Phi) is 3.01. The Hall–Kier alpha value is -0.640. The van der Waals surface area contributed by atoms with E-state index < -0.39 is 0 Å². The van der Waals surface area contributed by atoms with E-state index in [-0.39, 0.29) is 11.9 Å². The largest absolute Gasteiger partial charge is 0.371 e. The van der Waals surface area contributed by atoms with E-state index in [0.717, 1.165) is 12.1 Å². The molecule has 14 heavy (non-hydrogen) atoms. The van der Waals surface area contributed by atoms with Crippen LogP contribution in [-0.4, -0.2) is 19.7 Å². The molecular weight excluding hydrogens is 205 g/mol. The van der Waals surface area contributed by atoms with Crippen LogP contribution in [0.25, 0.3) is 0 Å². The predicted octanol–water partition coefficient (Wildman–Crippen LogP) is 2.14. The molecule has 1 saturated heterocycles. The van der Waals surface area contributed by atoms with Crippen molar-refractivity contribution in [1.29, 1.82) is 0 Å². The van der Waals surface area contributed by atoms with Crippen LogP contribution in [0.1, 0.15) is 11.7 Å². The Balaban J connectivity index is 2.21. The van der Waals surface area contributed by atoms with Gasteiger partial charge in [-0.1, -0.05) is 11.6 Å². The van der Waals surface area contributed by atoms with Gasteiger partial charge in [-0.3, -0.25) is 0 Å². The third kappa shape index (κ3) is 2.23. The maximum absolute atomic E-state index is 13.0. The summed E-state index contributed by atoms with van der Waals surface area (Å²) in [7, 11) is 0. The molecule has 0 amide bonds. The van der Waals surface area contributed by atoms with Crippen LogP contribution in [0.4, 0.5) is 4.39 Å². The second kappa shape index (κ2) is 4.26. The van der Waals surface area contributed by atoms with Crippen molar-refractivity contribution in [2.45, 2.75) is 6.10 Å². The molecule has 4 heteroatoms. The summed E-state index contributed by atoms with van der Waals surface area (Å²) in [5.74, 6) is -0.318. The molecule has 1 aromatic carbocycles. The van der Waals surface area contributed by atoms with Crippen LogP contribution in [-0.2, 0) is 4.74 Å². The Morgan fingerprint density at radius 3 is 2.93 bits per heavy atom. The van der Waals surface area contributed by atoms with Gasteiger partial charge in [0.15, 0.2) is 0 Å². The first-order chi connectivity index (χ1) is 6.75. The summed E-state index contributed by atoms with van der Waals surface area (Å²) in [5, 5.41) is 3.59. The van der Waals surface area contributed by atoms with Gasteiger partial charge in [0.2, 0.25) is 0 Å². The monoisotopic (exact) mass is 215 g/mol. The van der Waals surface area contributed by atoms with Crippen LogP contribution < -0.4 is 5.32 Å². The van der Waals surface area contributed by atoms with Crippen molar-refractivity contribution in [3.63, 3.8) is 0 Å². The fraction of sp³-hybridized carbons (Fsp3) is 0.400. The summed E-state index contributed by atoms with van der Waals surface area (Å²) in [5.41, 5.74) is 0.794. The lowest BCUT2D eigenvalue weighted by Crippen LogP contribution is -2.33. The van der Waals surface area contributed by atoms with Crippen molar-refractivity contribution >= 4 is 11.6 Å². The summed E-state index contributed by atoms with van der Waals surface area (Å²) in [6, 6.07) is 4.49. The smallest absolute Gasteiger partial charge is 0.125 e. The first kappa shape index (κ1) is 9.90. The van der Waals surface area contributed by atoms with Gasteiger partial charge in [0, 0.05) is 18.1 Å². The van der Waals surface area contributed by atoms with Gasteiger partial charge in [-0.05, 0) is 23.8 Å². The minimum Gasteiger partial charge on any atom is -0.371 e. The van der Waals surface area contributed by atoms with Gasteiger partial charge >= 0.3 is 0 Å². The van der Waals surface area contributed by atoms with Crippen LogP contribution in [0.3, 0.4) is 0 Å². The number of hydrogen-bond acceptors (Lipinski definition) is 2. The third-order valence-corrected chi connectivity index (χ3v) is 2.40. The molecule has 1 aliphatic heterocycles. The van der Waals surface area contributed by atoms with Crippen molar-refractivity contribution in [3.05, 3.63) is 34.6 Å². The van der Waals surface area contributed by atoms with Crippen LogP contribution >= 0.6 is 11.6 Å². The standard InChI is InChI=1S/C10H11ClFNO/c11-8-3-7(4-9(12)5-8)10-6-13-1-2-14-10/h3-5,10,13H,1-2,6H2. The summed E-state index contributed by atoms with van der Waals surface area (Å²) in [6.45, 7) is 2.21. The number of morpholine rings is 1. The molecule has 1 aromatic rings. The number of ether oxygens (including phenoxy) is 1. The summed E-state index contributed by atoms with van der Waals surface area (Å²) < 4.78 is 18.5. The molecule has 0 radical (unpaired) electrons. The molecular formula is C10H11ClFNO. The maximum atomic E-state index is 13.0. The molecule has 2 nitrogen and oxygen atoms in total. The minimum absolute atomic E-state index is 0.0862. The Labute approximate surface area is 87.0 Å². The van der Waals surface area contributed by atoms with Crippen LogP contribution in [0.2, 0.25) is 5.02 Å². The Bertz CT molecular complexity index is 306. The molecule has 0 spiro atoms. The lowest BCUT2D eigenvalue weighted by atomic mass is 10.1. The van der Waals surface area contributed by atoms with Crippen molar-refractivity contribution < 1.29 is 9.13 Å². The average molecular weight is 216 g/mol. The van der Waals surface area contributed by atoms with Gasteiger partial charge in [-0.2, -0.15) is 0 Å². The number of hydrogen-bond donors (Lipinski definition) is 1. The zero-order chi connectivity index (χ0) is 9.97. The van der Waals surface area contributed by atoms with Crippen molar-refractivity contribution in [2.75, 3.05) is 19.7 Å². The molecule has 1 atom stereocenters. The molecule has 0 aliphatic carbocycles. The zero-order valence-electron chi connectivity index (χ0n) is 7.59. The van der Waals surface area contributed by atoms with Crippen LogP contribution in [0, 0.1) is 5.82 Å². The van der Waals surface area contributed by atoms with Crippen molar-refractivity contribution in [1.82, 2.24) is 5.32 Å². The Morgan fingerprint density at radius 2 is 2.29 bits per heavy atom. The topological polar surface area (TPSA) is 21.3 Å². The van der Waals surface area contributed by atoms with E-state index in [4.69, 9.17) is 16.3 Å². The molecule has 0 aromatic heterocycles. The van der Waals surface area contributed by atoms with Gasteiger partial charge < -0.3 is 10.1 Å². The van der Waals surface area contributed by atoms with E-state index in [0.29, 0.717) is 18.2 Å². The molecule has 1 aliphatic rings. The molecule has 76 valence electrons. The van der Waals surface area contributed by atoms with E-state index in [1.165, 1.54) is 12.1 Å². The lowest BCUT2D eigenvalue weighted by Gasteiger charge is -2.24. The van der Waals surface area contributed by atoms with Gasteiger partial charge in [-0.25, -0.2) is 4.39 Å². The molecule has 1 unspecified atom stereocenters. The van der Waals surface area contributed by atoms with Gasteiger partial charge in [0.25, 0.3) is 0 Å². The fourth-order valence-corrected chi connectivity index (χ4v) is 1.77. The average Bonchev–Trinajstić information content (AvgIpc) is 2.18. The van der Waals surface area contributed by atoms with Gasteiger partial charge in [0.05, 0.1) is 12.7 Å². The van der Waals surface area contributed by atoms with Gasteiger partial charge in [0.1, 0.15) is 5.82 Å². The summed E-state index contributed by atoms with van der Waals surface area (Å²) in [4.78, 5) is 0. The highest BCUT2D eigenvalue weighted by molar-refractivity contribution is 6.30. The first-order valence-electron chi connectivity index (χ1n) is 4.54. The highest BCUT2D eigenvalue weighted by Crippen LogP contribution is 2.23. The third-order valence-electron chi connectivity index (χ3n) is 2.18. The fourth-order valence-electron chi connectivity index (χ4n) is 1.54. The molecule has 1 N–H and O–H groups in total. The normalized spacial score (nSPS) is 22.3. The number of halogens is 2. The zero-order valence-corrected chi connectivity index (χ0v) is 8.35. The molecule has 0 bridgehead atoms. The molecule has 1 fully saturated rings. The van der Waals surface area contributed by atoms with E-state index in [9.17, 15) is 4.39 Å². The maximum Gasteiger partial charge on any atom is 0.125 e. The second-order valence-corrected chi connectivity index (χ2v) is 3.70. The number of rotatable bonds is 1. The molecule has 2 rings (SSSR count). The minimum atomic E-state index is -0.318. The van der Waals surface area contributed by atoms with Crippen molar-refractivity contribution in [2.24, 2.45) is 0 Å². The lowest BCUT2D eigenvalue weighted by molar-refractivity contribution is 0.0275. The van der Waals surface area contributed by atoms with Crippen molar-refractivity contribution in [3.8, 4) is 0 Å². The molecule has 1 heterocycles. The van der Waals surface area contributed by atoms with Crippen LogP contribution in [0.5, 0.6) is 0 Å².